The maximum Gasteiger partial charge on any atom is 0.279 e. The number of nitrogens with zero attached hydrogens (tertiary/aromatic N) is 1. The first-order valence-electron chi connectivity index (χ1n) is 7.00. The predicted octanol–water partition coefficient (Wildman–Crippen LogP) is 0.823. The Hall–Kier alpha value is -0.170. The Balaban J connectivity index is 1.95. The molecule has 5 nitrogen and oxygen atoms in total. The van der Waals surface area contributed by atoms with Crippen LogP contribution in [0.15, 0.2) is 0 Å². The first-order valence-corrected chi connectivity index (χ1v) is 8.44. The zero-order valence-corrected chi connectivity index (χ0v) is 12.0. The fraction of sp³-hybridized carbons (Fsp3) is 1.00. The lowest BCUT2D eigenvalue weighted by Gasteiger charge is -2.31. The lowest BCUT2D eigenvalue weighted by atomic mass is 9.96. The Bertz CT molecular complexity index is 362. The van der Waals surface area contributed by atoms with E-state index in [-0.39, 0.29) is 12.1 Å². The van der Waals surface area contributed by atoms with Crippen LogP contribution in [0, 0.1) is 5.92 Å². The second-order valence-corrected chi connectivity index (χ2v) is 7.37. The van der Waals surface area contributed by atoms with Gasteiger partial charge in [0.1, 0.15) is 0 Å². The summed E-state index contributed by atoms with van der Waals surface area (Å²) in [5.74, 6) is 0.449. The maximum atomic E-state index is 12.3. The van der Waals surface area contributed by atoms with E-state index in [9.17, 15) is 8.42 Å². The monoisotopic (exact) mass is 275 g/mol. The molecular weight excluding hydrogens is 250 g/mol. The fourth-order valence-electron chi connectivity index (χ4n) is 2.75. The molecule has 106 valence electrons. The van der Waals surface area contributed by atoms with Crippen LogP contribution >= 0.6 is 0 Å². The molecule has 2 aliphatic carbocycles. The average Bonchev–Trinajstić information content (AvgIpc) is 3.20. The van der Waals surface area contributed by atoms with Crippen molar-refractivity contribution in [2.24, 2.45) is 11.7 Å². The van der Waals surface area contributed by atoms with Crippen molar-refractivity contribution in [3.05, 3.63) is 0 Å². The topological polar surface area (TPSA) is 75.4 Å². The molecule has 2 aliphatic rings. The van der Waals surface area contributed by atoms with Crippen molar-refractivity contribution < 1.29 is 8.42 Å². The number of nitrogens with two attached hydrogens (primary N) is 1. The van der Waals surface area contributed by atoms with Gasteiger partial charge in [-0.2, -0.15) is 17.4 Å². The summed E-state index contributed by atoms with van der Waals surface area (Å²) in [6, 6.07) is 0.0786. The standard InChI is InChI=1S/C12H25N3O2S/c1-15(11-5-3-2-4-6-11)18(16,17)14-12(9-13)10-7-8-10/h10-12,14H,2-9,13H2,1H3. The molecule has 0 heterocycles. The second-order valence-electron chi connectivity index (χ2n) is 5.61. The Kier molecular flexibility index (Phi) is 4.64. The molecule has 6 heteroatoms. The molecule has 2 fully saturated rings. The van der Waals surface area contributed by atoms with Gasteiger partial charge < -0.3 is 5.73 Å². The highest BCUT2D eigenvalue weighted by Crippen LogP contribution is 2.33. The minimum Gasteiger partial charge on any atom is -0.329 e. The summed E-state index contributed by atoms with van der Waals surface area (Å²) in [6.45, 7) is 0.391. The van der Waals surface area contributed by atoms with Gasteiger partial charge >= 0.3 is 0 Å². The molecule has 0 amide bonds. The van der Waals surface area contributed by atoms with Crippen LogP contribution in [0.25, 0.3) is 0 Å². The van der Waals surface area contributed by atoms with Gasteiger partial charge in [0.05, 0.1) is 0 Å². The third kappa shape index (κ3) is 3.44. The van der Waals surface area contributed by atoms with Crippen molar-refractivity contribution in [3.8, 4) is 0 Å². The summed E-state index contributed by atoms with van der Waals surface area (Å²) < 4.78 is 28.9. The van der Waals surface area contributed by atoms with Gasteiger partial charge in [0.15, 0.2) is 0 Å². The van der Waals surface area contributed by atoms with Crippen molar-refractivity contribution in [3.63, 3.8) is 0 Å². The number of rotatable bonds is 6. The minimum absolute atomic E-state index is 0.0824. The molecule has 2 saturated carbocycles. The third-order valence-electron chi connectivity index (χ3n) is 4.21. The molecule has 0 spiro atoms. The van der Waals surface area contributed by atoms with Crippen molar-refractivity contribution in [2.45, 2.75) is 57.0 Å². The predicted molar refractivity (Wildman–Crippen MR) is 72.3 cm³/mol. The van der Waals surface area contributed by atoms with Crippen molar-refractivity contribution in [2.75, 3.05) is 13.6 Å². The SMILES string of the molecule is CN(C1CCCCC1)S(=O)(=O)NC(CN)C1CC1. The van der Waals surface area contributed by atoms with Gasteiger partial charge in [-0.05, 0) is 31.6 Å². The summed E-state index contributed by atoms with van der Waals surface area (Å²) in [5.41, 5.74) is 5.65. The average molecular weight is 275 g/mol. The molecule has 2 rings (SSSR count). The van der Waals surface area contributed by atoms with Gasteiger partial charge in [0.25, 0.3) is 10.2 Å². The van der Waals surface area contributed by atoms with E-state index in [2.05, 4.69) is 4.72 Å². The molecule has 18 heavy (non-hydrogen) atoms. The summed E-state index contributed by atoms with van der Waals surface area (Å²) >= 11 is 0. The molecule has 3 N–H and O–H groups in total. The summed E-state index contributed by atoms with van der Waals surface area (Å²) in [5, 5.41) is 0. The zero-order chi connectivity index (χ0) is 13.2. The molecule has 0 aromatic carbocycles. The second kappa shape index (κ2) is 5.86. The lowest BCUT2D eigenvalue weighted by molar-refractivity contribution is 0.280. The lowest BCUT2D eigenvalue weighted by Crippen LogP contribution is -2.50. The normalized spacial score (nSPS) is 24.4. The number of nitrogens with one attached hydrogen (secondary N) is 1. The van der Waals surface area contributed by atoms with E-state index in [1.165, 1.54) is 10.7 Å². The summed E-state index contributed by atoms with van der Waals surface area (Å²) in [7, 11) is -1.68. The molecule has 1 unspecified atom stereocenters. The Morgan fingerprint density at radius 3 is 2.33 bits per heavy atom. The molecular formula is C12H25N3O2S. The third-order valence-corrected chi connectivity index (χ3v) is 5.87. The smallest absolute Gasteiger partial charge is 0.279 e. The van der Waals surface area contributed by atoms with E-state index in [1.54, 1.807) is 7.05 Å². The maximum absolute atomic E-state index is 12.3. The quantitative estimate of drug-likeness (QED) is 0.753. The molecule has 1 atom stereocenters. The highest BCUT2D eigenvalue weighted by molar-refractivity contribution is 7.87. The van der Waals surface area contributed by atoms with Crippen LogP contribution in [0.4, 0.5) is 0 Å². The first-order chi connectivity index (χ1) is 8.54. The molecule has 0 aliphatic heterocycles. The highest BCUT2D eigenvalue weighted by Gasteiger charge is 2.35. The van der Waals surface area contributed by atoms with Crippen LogP contribution < -0.4 is 10.5 Å². The van der Waals surface area contributed by atoms with E-state index >= 15 is 0 Å². The van der Waals surface area contributed by atoms with Crippen LogP contribution in [0.1, 0.15) is 44.9 Å². The van der Waals surface area contributed by atoms with Crippen molar-refractivity contribution in [1.82, 2.24) is 9.03 Å². The van der Waals surface area contributed by atoms with Gasteiger partial charge in [-0.15, -0.1) is 0 Å². The number of hydrogen-bond acceptors (Lipinski definition) is 3. The van der Waals surface area contributed by atoms with Gasteiger partial charge in [-0.3, -0.25) is 0 Å². The Morgan fingerprint density at radius 2 is 1.83 bits per heavy atom. The molecule has 0 aromatic heterocycles. The summed E-state index contributed by atoms with van der Waals surface area (Å²) in [4.78, 5) is 0. The molecule has 0 saturated heterocycles. The Labute approximate surface area is 110 Å². The van der Waals surface area contributed by atoms with Gasteiger partial charge in [-0.1, -0.05) is 19.3 Å². The van der Waals surface area contributed by atoms with E-state index in [0.29, 0.717) is 12.5 Å². The molecule has 0 aromatic rings. The van der Waals surface area contributed by atoms with Crippen molar-refractivity contribution >= 4 is 10.2 Å². The van der Waals surface area contributed by atoms with Gasteiger partial charge in [0.2, 0.25) is 0 Å². The molecule has 0 bridgehead atoms. The highest BCUT2D eigenvalue weighted by atomic mass is 32.2. The molecule has 0 radical (unpaired) electrons. The zero-order valence-electron chi connectivity index (χ0n) is 11.1. The van der Waals surface area contributed by atoms with E-state index in [4.69, 9.17) is 5.73 Å². The first kappa shape index (κ1) is 14.2. The van der Waals surface area contributed by atoms with E-state index < -0.39 is 10.2 Å². The van der Waals surface area contributed by atoms with Crippen LogP contribution in [-0.2, 0) is 10.2 Å². The minimum atomic E-state index is -3.37. The van der Waals surface area contributed by atoms with Crippen LogP contribution in [0.5, 0.6) is 0 Å². The largest absolute Gasteiger partial charge is 0.329 e. The number of hydrogen-bond donors (Lipinski definition) is 2. The van der Waals surface area contributed by atoms with Gasteiger partial charge in [0, 0.05) is 25.7 Å². The van der Waals surface area contributed by atoms with Gasteiger partial charge in [-0.25, -0.2) is 0 Å². The van der Waals surface area contributed by atoms with E-state index in [1.807, 2.05) is 0 Å². The van der Waals surface area contributed by atoms with Crippen molar-refractivity contribution in [1.29, 1.82) is 0 Å². The summed E-state index contributed by atoms with van der Waals surface area (Å²) in [6.07, 6.45) is 7.64. The Morgan fingerprint density at radius 1 is 1.22 bits per heavy atom. The fourth-order valence-corrected chi connectivity index (χ4v) is 4.19. The van der Waals surface area contributed by atoms with E-state index in [0.717, 1.165) is 38.5 Å². The van der Waals surface area contributed by atoms with Crippen LogP contribution in [-0.4, -0.2) is 38.4 Å². The van der Waals surface area contributed by atoms with Crippen LogP contribution in [0.2, 0.25) is 0 Å². The van der Waals surface area contributed by atoms with Crippen LogP contribution in [0.3, 0.4) is 0 Å².